The Morgan fingerprint density at radius 3 is 2.59 bits per heavy atom. The molecule has 37 heavy (non-hydrogen) atoms. The number of fused-ring (bicyclic) bond motifs is 3. The van der Waals surface area contributed by atoms with E-state index in [1.165, 1.54) is 10.9 Å². The predicted octanol–water partition coefficient (Wildman–Crippen LogP) is 4.71. The third kappa shape index (κ3) is 4.02. The maximum absolute atomic E-state index is 13.0. The zero-order valence-electron chi connectivity index (χ0n) is 23.6. The van der Waals surface area contributed by atoms with Crippen molar-refractivity contribution in [3.05, 3.63) is 72.1 Å². The van der Waals surface area contributed by atoms with Gasteiger partial charge in [-0.05, 0) is 49.4 Å². The van der Waals surface area contributed by atoms with Crippen LogP contribution < -0.4 is 0 Å². The summed E-state index contributed by atoms with van der Waals surface area (Å²) >= 11 is 0. The van der Waals surface area contributed by atoms with Crippen LogP contribution in [0.3, 0.4) is 0 Å². The van der Waals surface area contributed by atoms with Crippen LogP contribution in [0.5, 0.6) is 0 Å². The molecule has 2 aromatic carbocycles. The summed E-state index contributed by atoms with van der Waals surface area (Å²) in [7, 11) is -1.93. The molecule has 1 aliphatic heterocycles. The van der Waals surface area contributed by atoms with Crippen molar-refractivity contribution in [1.82, 2.24) is 24.5 Å². The average Bonchev–Trinajstić information content (AvgIpc) is 3.47. The van der Waals surface area contributed by atoms with Crippen LogP contribution in [0.25, 0.3) is 33.2 Å². The molecule has 0 radical (unpaired) electrons. The van der Waals surface area contributed by atoms with Gasteiger partial charge in [0.1, 0.15) is 0 Å². The van der Waals surface area contributed by atoms with E-state index in [0.29, 0.717) is 40.9 Å². The van der Waals surface area contributed by atoms with Gasteiger partial charge < -0.3 is 9.30 Å². The summed E-state index contributed by atoms with van der Waals surface area (Å²) < 4.78 is 59.2. The van der Waals surface area contributed by atoms with Gasteiger partial charge in [0.25, 0.3) is 0 Å². The summed E-state index contributed by atoms with van der Waals surface area (Å²) in [4.78, 5) is 4.99. The second kappa shape index (κ2) is 9.08. The predicted molar refractivity (Wildman–Crippen MR) is 143 cm³/mol. The molecule has 4 heterocycles. The van der Waals surface area contributed by atoms with E-state index < -0.39 is 16.7 Å². The Labute approximate surface area is 220 Å². The van der Waals surface area contributed by atoms with Crippen LogP contribution in [-0.4, -0.2) is 52.4 Å². The van der Waals surface area contributed by atoms with Crippen molar-refractivity contribution in [3.63, 3.8) is 0 Å². The van der Waals surface area contributed by atoms with E-state index >= 15 is 0 Å². The first-order chi connectivity index (χ1) is 19.1. The SMILES string of the molecule is [2H]C([2H])([2H])c1nnn(C)c1-c1cnc2c3c(S(C)(=O)=O)cccc3n([C@H](c3ccccc3)C3CCOCC3)c2c1. The standard InChI is InChI=1S/C28H29N5O3S/c1-18-27(32(2)31-30-18)21-16-23-26(29-17-21)25-22(10-7-11-24(25)37(3,34)35)33(23)28(19-8-5-4-6-9-19)20-12-14-36-15-13-20/h4-11,16-17,20,28H,12-15H2,1-3H3/t28-/m1/s1/i1D3. The van der Waals surface area contributed by atoms with Gasteiger partial charge in [-0.25, -0.2) is 13.1 Å². The lowest BCUT2D eigenvalue weighted by atomic mass is 9.86. The first-order valence-electron chi connectivity index (χ1n) is 13.7. The second-order valence-corrected chi connectivity index (χ2v) is 11.6. The van der Waals surface area contributed by atoms with Gasteiger partial charge in [0, 0.05) is 47.8 Å². The van der Waals surface area contributed by atoms with Crippen molar-refractivity contribution in [1.29, 1.82) is 0 Å². The molecule has 9 heteroatoms. The highest BCUT2D eigenvalue weighted by atomic mass is 32.2. The fraction of sp³-hybridized carbons (Fsp3) is 0.321. The van der Waals surface area contributed by atoms with E-state index in [4.69, 9.17) is 13.8 Å². The van der Waals surface area contributed by atoms with Crippen molar-refractivity contribution < 1.29 is 17.3 Å². The Morgan fingerprint density at radius 1 is 1.08 bits per heavy atom. The minimum absolute atomic E-state index is 0.111. The molecule has 1 aliphatic rings. The van der Waals surface area contributed by atoms with Crippen LogP contribution in [0, 0.1) is 12.8 Å². The molecule has 1 saturated heterocycles. The van der Waals surface area contributed by atoms with Gasteiger partial charge in [-0.3, -0.25) is 4.98 Å². The Bertz CT molecular complexity index is 1830. The van der Waals surface area contributed by atoms with Gasteiger partial charge in [-0.15, -0.1) is 5.10 Å². The zero-order valence-corrected chi connectivity index (χ0v) is 21.4. The lowest BCUT2D eigenvalue weighted by Gasteiger charge is -2.33. The van der Waals surface area contributed by atoms with Crippen LogP contribution >= 0.6 is 0 Å². The highest BCUT2D eigenvalue weighted by molar-refractivity contribution is 7.91. The molecule has 5 aromatic rings. The largest absolute Gasteiger partial charge is 0.381 e. The number of pyridine rings is 1. The van der Waals surface area contributed by atoms with Gasteiger partial charge in [-0.2, -0.15) is 0 Å². The molecule has 190 valence electrons. The summed E-state index contributed by atoms with van der Waals surface area (Å²) in [6.07, 6.45) is 4.46. The molecule has 0 spiro atoms. The van der Waals surface area contributed by atoms with Crippen molar-refractivity contribution in [3.8, 4) is 11.3 Å². The Morgan fingerprint density at radius 2 is 1.86 bits per heavy atom. The van der Waals surface area contributed by atoms with E-state index in [1.54, 1.807) is 25.4 Å². The number of aromatic nitrogens is 5. The topological polar surface area (TPSA) is 91.9 Å². The first-order valence-corrected chi connectivity index (χ1v) is 14.1. The summed E-state index contributed by atoms with van der Waals surface area (Å²) in [6.45, 7) is -1.18. The molecule has 6 rings (SSSR count). The van der Waals surface area contributed by atoms with Crippen molar-refractivity contribution in [2.75, 3.05) is 19.5 Å². The molecule has 0 saturated carbocycles. The fourth-order valence-electron chi connectivity index (χ4n) is 5.65. The highest BCUT2D eigenvalue weighted by Gasteiger charge is 2.31. The van der Waals surface area contributed by atoms with E-state index in [1.807, 2.05) is 30.3 Å². The van der Waals surface area contributed by atoms with Crippen LogP contribution in [0.1, 0.15) is 34.3 Å². The maximum Gasteiger partial charge on any atom is 0.176 e. The third-order valence-corrected chi connectivity index (χ3v) is 8.40. The average molecular weight is 519 g/mol. The summed E-state index contributed by atoms with van der Waals surface area (Å²) in [5, 5.41) is 8.47. The minimum Gasteiger partial charge on any atom is -0.381 e. The summed E-state index contributed by atoms with van der Waals surface area (Å²) in [5.74, 6) is 0.219. The second-order valence-electron chi connectivity index (χ2n) is 9.60. The molecular weight excluding hydrogens is 486 g/mol. The molecule has 1 atom stereocenters. The molecule has 0 N–H and O–H groups in total. The smallest absolute Gasteiger partial charge is 0.176 e. The lowest BCUT2D eigenvalue weighted by molar-refractivity contribution is 0.0553. The molecular formula is C28H29N5O3S. The molecule has 0 aliphatic carbocycles. The molecule has 1 fully saturated rings. The molecule has 0 amide bonds. The third-order valence-electron chi connectivity index (χ3n) is 7.26. The van der Waals surface area contributed by atoms with Gasteiger partial charge >= 0.3 is 0 Å². The Kier molecular flexibility index (Phi) is 5.03. The van der Waals surface area contributed by atoms with Gasteiger partial charge in [0.05, 0.1) is 38.9 Å². The monoisotopic (exact) mass is 518 g/mol. The van der Waals surface area contributed by atoms with Crippen molar-refractivity contribution in [2.45, 2.75) is 30.6 Å². The zero-order chi connectivity index (χ0) is 28.2. The van der Waals surface area contributed by atoms with E-state index in [0.717, 1.165) is 23.9 Å². The van der Waals surface area contributed by atoms with Crippen molar-refractivity contribution >= 4 is 31.8 Å². The normalized spacial score (nSPS) is 17.5. The maximum atomic E-state index is 13.0. The summed E-state index contributed by atoms with van der Waals surface area (Å²) in [5.41, 5.74) is 3.86. The number of benzene rings is 2. The lowest BCUT2D eigenvalue weighted by Crippen LogP contribution is -2.26. The minimum atomic E-state index is -3.58. The molecule has 0 unspecified atom stereocenters. The number of sulfone groups is 1. The molecule has 0 bridgehead atoms. The fourth-order valence-corrected chi connectivity index (χ4v) is 6.55. The van der Waals surface area contributed by atoms with Gasteiger partial charge in [-0.1, -0.05) is 41.6 Å². The number of hydrogen-bond acceptors (Lipinski definition) is 6. The molecule has 8 nitrogen and oxygen atoms in total. The van der Waals surface area contributed by atoms with Crippen LogP contribution in [-0.2, 0) is 21.6 Å². The Balaban J connectivity index is 1.73. The number of rotatable bonds is 5. The van der Waals surface area contributed by atoms with Gasteiger partial charge in [0.2, 0.25) is 0 Å². The Hall–Kier alpha value is -3.56. The van der Waals surface area contributed by atoms with E-state index in [-0.39, 0.29) is 22.5 Å². The number of aryl methyl sites for hydroxylation is 2. The number of nitrogens with zero attached hydrogens (tertiary/aromatic N) is 5. The number of ether oxygens (including phenoxy) is 1. The van der Waals surface area contributed by atoms with Gasteiger partial charge in [0.15, 0.2) is 9.84 Å². The van der Waals surface area contributed by atoms with Crippen LogP contribution in [0.2, 0.25) is 0 Å². The molecule has 3 aromatic heterocycles. The van der Waals surface area contributed by atoms with E-state index in [9.17, 15) is 8.42 Å². The van der Waals surface area contributed by atoms with Crippen LogP contribution in [0.15, 0.2) is 65.7 Å². The quantitative estimate of drug-likeness (QED) is 0.335. The van der Waals surface area contributed by atoms with E-state index in [2.05, 4.69) is 27.0 Å². The van der Waals surface area contributed by atoms with Crippen LogP contribution in [0.4, 0.5) is 0 Å². The highest BCUT2D eigenvalue weighted by Crippen LogP contribution is 2.42. The number of hydrogen-bond donors (Lipinski definition) is 0. The van der Waals surface area contributed by atoms with Crippen molar-refractivity contribution in [2.24, 2.45) is 13.0 Å². The first kappa shape index (κ1) is 20.5. The summed E-state index contributed by atoms with van der Waals surface area (Å²) in [6, 6.07) is 17.2.